The Morgan fingerprint density at radius 3 is 2.00 bits per heavy atom. The topological polar surface area (TPSA) is 86.8 Å². The van der Waals surface area contributed by atoms with E-state index in [1.165, 1.54) is 35.2 Å². The van der Waals surface area contributed by atoms with Crippen molar-refractivity contribution >= 4 is 66.7 Å². The fourth-order valence-corrected chi connectivity index (χ4v) is 6.76. The summed E-state index contributed by atoms with van der Waals surface area (Å²) in [5.41, 5.74) is 1.74. The van der Waals surface area contributed by atoms with Crippen molar-refractivity contribution in [3.8, 4) is 0 Å². The maximum atomic E-state index is 14.4. The van der Waals surface area contributed by atoms with Crippen molar-refractivity contribution in [2.75, 3.05) is 17.4 Å². The van der Waals surface area contributed by atoms with Gasteiger partial charge in [0.15, 0.2) is 0 Å². The van der Waals surface area contributed by atoms with Gasteiger partial charge in [-0.2, -0.15) is 0 Å². The van der Waals surface area contributed by atoms with Crippen LogP contribution >= 0.6 is 39.1 Å². The van der Waals surface area contributed by atoms with E-state index in [0.29, 0.717) is 6.54 Å². The minimum Gasteiger partial charge on any atom is -0.355 e. The van der Waals surface area contributed by atoms with Crippen LogP contribution < -0.4 is 9.62 Å². The molecule has 4 aromatic rings. The van der Waals surface area contributed by atoms with Gasteiger partial charge in [0.2, 0.25) is 11.8 Å². The zero-order chi connectivity index (χ0) is 31.0. The highest BCUT2D eigenvalue weighted by molar-refractivity contribution is 9.10. The predicted molar refractivity (Wildman–Crippen MR) is 175 cm³/mol. The summed E-state index contributed by atoms with van der Waals surface area (Å²) in [6, 6.07) is 28.0. The molecule has 0 aliphatic rings. The first-order chi connectivity index (χ1) is 20.6. The molecule has 0 radical (unpaired) electrons. The molecule has 0 unspecified atom stereocenters. The number of hydrogen-bond donors (Lipinski definition) is 1. The third kappa shape index (κ3) is 8.60. The van der Waals surface area contributed by atoms with Crippen LogP contribution in [0.5, 0.6) is 0 Å². The molecule has 0 aliphatic carbocycles. The molecule has 0 saturated carbocycles. The number of anilines is 1. The van der Waals surface area contributed by atoms with Gasteiger partial charge in [-0.25, -0.2) is 8.42 Å². The Balaban J connectivity index is 1.81. The Labute approximate surface area is 270 Å². The van der Waals surface area contributed by atoms with Gasteiger partial charge in [-0.1, -0.05) is 99.8 Å². The minimum atomic E-state index is -4.25. The molecule has 4 aromatic carbocycles. The van der Waals surface area contributed by atoms with Crippen molar-refractivity contribution in [2.45, 2.75) is 30.8 Å². The smallest absolute Gasteiger partial charge is 0.264 e. The normalized spacial score (nSPS) is 11.9. The zero-order valence-corrected chi connectivity index (χ0v) is 27.2. The summed E-state index contributed by atoms with van der Waals surface area (Å²) in [6.45, 7) is 1.63. The predicted octanol–water partition coefficient (Wildman–Crippen LogP) is 6.73. The maximum Gasteiger partial charge on any atom is 0.264 e. The number of nitrogens with one attached hydrogen (secondary N) is 1. The van der Waals surface area contributed by atoms with E-state index in [4.69, 9.17) is 23.2 Å². The first-order valence-corrected chi connectivity index (χ1v) is 16.5. The van der Waals surface area contributed by atoms with Crippen molar-refractivity contribution < 1.29 is 18.0 Å². The SMILES string of the molecule is CCNC(=O)[C@H](Cc1ccccc1)N(Cc1ccc(Br)cc1)C(=O)CN(c1cc(Cl)cc(Cl)c1)S(=O)(=O)c1ccccc1. The molecule has 1 N–H and O–H groups in total. The second-order valence-corrected chi connectivity index (χ2v) is 13.4. The minimum absolute atomic E-state index is 0.0112. The lowest BCUT2D eigenvalue weighted by atomic mass is 10.0. The van der Waals surface area contributed by atoms with Crippen molar-refractivity contribution in [3.63, 3.8) is 0 Å². The second-order valence-electron chi connectivity index (χ2n) is 9.70. The van der Waals surface area contributed by atoms with Gasteiger partial charge in [0, 0.05) is 34.0 Å². The number of carbonyl (C=O) groups is 2. The van der Waals surface area contributed by atoms with E-state index in [2.05, 4.69) is 21.2 Å². The van der Waals surface area contributed by atoms with Crippen LogP contribution in [0.25, 0.3) is 0 Å². The summed E-state index contributed by atoms with van der Waals surface area (Å²) in [4.78, 5) is 29.3. The average Bonchev–Trinajstić information content (AvgIpc) is 2.99. The highest BCUT2D eigenvalue weighted by Crippen LogP contribution is 2.30. The highest BCUT2D eigenvalue weighted by Gasteiger charge is 2.34. The zero-order valence-electron chi connectivity index (χ0n) is 23.3. The number of likely N-dealkylation sites (N-methyl/N-ethyl adjacent to an activating group) is 1. The Morgan fingerprint density at radius 2 is 1.42 bits per heavy atom. The Morgan fingerprint density at radius 1 is 0.837 bits per heavy atom. The molecule has 11 heteroatoms. The van der Waals surface area contributed by atoms with Crippen LogP contribution in [0, 0.1) is 0 Å². The lowest BCUT2D eigenvalue weighted by Gasteiger charge is -2.34. The summed E-state index contributed by atoms with van der Waals surface area (Å²) in [7, 11) is -4.25. The molecule has 1 atom stereocenters. The average molecular weight is 703 g/mol. The van der Waals surface area contributed by atoms with E-state index in [1.54, 1.807) is 25.1 Å². The van der Waals surface area contributed by atoms with Gasteiger partial charge in [0.05, 0.1) is 10.6 Å². The number of benzene rings is 4. The maximum absolute atomic E-state index is 14.4. The molecule has 224 valence electrons. The first kappa shape index (κ1) is 32.5. The van der Waals surface area contributed by atoms with Crippen molar-refractivity contribution in [1.29, 1.82) is 0 Å². The van der Waals surface area contributed by atoms with Crippen LogP contribution in [0.1, 0.15) is 18.1 Å². The van der Waals surface area contributed by atoms with Gasteiger partial charge in [-0.3, -0.25) is 13.9 Å². The van der Waals surface area contributed by atoms with E-state index in [-0.39, 0.29) is 39.5 Å². The number of carbonyl (C=O) groups excluding carboxylic acids is 2. The van der Waals surface area contributed by atoms with Crippen LogP contribution in [-0.4, -0.2) is 44.3 Å². The van der Waals surface area contributed by atoms with Crippen molar-refractivity contribution in [2.24, 2.45) is 0 Å². The number of hydrogen-bond acceptors (Lipinski definition) is 4. The fourth-order valence-electron chi connectivity index (χ4n) is 4.56. The van der Waals surface area contributed by atoms with Gasteiger partial charge >= 0.3 is 0 Å². The lowest BCUT2D eigenvalue weighted by molar-refractivity contribution is -0.140. The summed E-state index contributed by atoms with van der Waals surface area (Å²) in [5, 5.41) is 3.26. The number of halogens is 3. The van der Waals surface area contributed by atoms with Crippen molar-refractivity contribution in [1.82, 2.24) is 10.2 Å². The van der Waals surface area contributed by atoms with E-state index in [1.807, 2.05) is 54.6 Å². The molecule has 0 aromatic heterocycles. The van der Waals surface area contributed by atoms with Gasteiger partial charge in [-0.15, -0.1) is 0 Å². The molecular weight excluding hydrogens is 673 g/mol. The number of amides is 2. The van der Waals surface area contributed by atoms with E-state index in [9.17, 15) is 18.0 Å². The Bertz CT molecular complexity index is 1640. The summed E-state index contributed by atoms with van der Waals surface area (Å²) < 4.78 is 29.8. The third-order valence-corrected chi connectivity index (χ3v) is 9.39. The van der Waals surface area contributed by atoms with Gasteiger partial charge in [-0.05, 0) is 60.5 Å². The van der Waals surface area contributed by atoms with Crippen molar-refractivity contribution in [3.05, 3.63) is 129 Å². The fraction of sp³-hybridized carbons (Fsp3) is 0.188. The Hall–Kier alpha value is -3.37. The molecule has 43 heavy (non-hydrogen) atoms. The molecule has 7 nitrogen and oxygen atoms in total. The second kappa shape index (κ2) is 14.9. The molecular formula is C32H30BrCl2N3O4S. The standard InChI is InChI=1S/C32H30BrCl2N3O4S/c1-2-36-32(40)30(17-23-9-5-3-6-10-23)37(21-24-13-15-25(33)16-14-24)31(39)22-38(28-19-26(34)18-27(35)20-28)43(41,42)29-11-7-4-8-12-29/h3-16,18-20,30H,2,17,21-22H2,1H3,(H,36,40)/t30-/m0/s1. The van der Waals surface area contributed by atoms with E-state index in [0.717, 1.165) is 19.9 Å². The molecule has 0 aliphatic heterocycles. The van der Waals surface area contributed by atoms with Crippen LogP contribution in [0.15, 0.2) is 112 Å². The molecule has 4 rings (SSSR count). The quantitative estimate of drug-likeness (QED) is 0.178. The van der Waals surface area contributed by atoms with Gasteiger partial charge in [0.1, 0.15) is 12.6 Å². The summed E-state index contributed by atoms with van der Waals surface area (Å²) >= 11 is 16.0. The molecule has 0 fully saturated rings. The summed E-state index contributed by atoms with van der Waals surface area (Å²) in [5.74, 6) is -0.925. The van der Waals surface area contributed by atoms with Crippen LogP contribution in [0.3, 0.4) is 0 Å². The number of rotatable bonds is 12. The molecule has 0 heterocycles. The third-order valence-electron chi connectivity index (χ3n) is 6.63. The van der Waals surface area contributed by atoms with E-state index >= 15 is 0 Å². The molecule has 2 amide bonds. The largest absolute Gasteiger partial charge is 0.355 e. The molecule has 0 saturated heterocycles. The molecule has 0 spiro atoms. The van der Waals surface area contributed by atoms with Crippen LogP contribution in [-0.2, 0) is 32.6 Å². The first-order valence-electron chi connectivity index (χ1n) is 13.5. The van der Waals surface area contributed by atoms with Crippen LogP contribution in [0.4, 0.5) is 5.69 Å². The highest BCUT2D eigenvalue weighted by atomic mass is 79.9. The van der Waals surface area contributed by atoms with E-state index < -0.39 is 28.5 Å². The number of sulfonamides is 1. The summed E-state index contributed by atoms with van der Waals surface area (Å²) in [6.07, 6.45) is 0.226. The van der Waals surface area contributed by atoms with Gasteiger partial charge in [0.25, 0.3) is 10.0 Å². The lowest BCUT2D eigenvalue weighted by Crippen LogP contribution is -2.53. The van der Waals surface area contributed by atoms with Crippen LogP contribution in [0.2, 0.25) is 10.0 Å². The van der Waals surface area contributed by atoms with Gasteiger partial charge < -0.3 is 10.2 Å². The number of nitrogens with zero attached hydrogens (tertiary/aromatic N) is 2. The Kier molecular flexibility index (Phi) is 11.3. The monoisotopic (exact) mass is 701 g/mol. The molecule has 0 bridgehead atoms.